The minimum Gasteiger partial charge on any atom is -0.488 e. The molecule has 4 aromatic rings. The maximum atomic E-state index is 6.13. The van der Waals surface area contributed by atoms with E-state index in [1.807, 2.05) is 54.6 Å². The number of benzene rings is 3. The van der Waals surface area contributed by atoms with Crippen LogP contribution < -0.4 is 10.2 Å². The lowest BCUT2D eigenvalue weighted by molar-refractivity contribution is 0.306. The van der Waals surface area contributed by atoms with E-state index in [1.165, 1.54) is 0 Å². The first-order valence-electron chi connectivity index (χ1n) is 8.58. The lowest BCUT2D eigenvalue weighted by Gasteiger charge is -2.10. The summed E-state index contributed by atoms with van der Waals surface area (Å²) >= 11 is 12.2. The maximum Gasteiger partial charge on any atom is 0.222 e. The second-order valence-corrected chi connectivity index (χ2v) is 6.95. The number of hydrogen-bond acceptors (Lipinski definition) is 4. The molecule has 5 nitrogen and oxygen atoms in total. The van der Waals surface area contributed by atoms with Crippen LogP contribution in [0.25, 0.3) is 11.0 Å². The molecule has 0 spiro atoms. The van der Waals surface area contributed by atoms with Crippen LogP contribution in [0, 0.1) is 0 Å². The number of nitrogens with one attached hydrogen (secondary N) is 2. The molecule has 140 valence electrons. The summed E-state index contributed by atoms with van der Waals surface area (Å²) < 4.78 is 5.92. The number of imidazole rings is 1. The fourth-order valence-corrected chi connectivity index (χ4v) is 3.10. The molecule has 28 heavy (non-hydrogen) atoms. The van der Waals surface area contributed by atoms with Crippen molar-refractivity contribution in [1.82, 2.24) is 9.97 Å². The van der Waals surface area contributed by atoms with E-state index in [4.69, 9.17) is 27.9 Å². The average molecular weight is 411 g/mol. The normalized spacial score (nSPS) is 11.2. The van der Waals surface area contributed by atoms with Crippen LogP contribution in [0.3, 0.4) is 0 Å². The van der Waals surface area contributed by atoms with E-state index >= 15 is 0 Å². The van der Waals surface area contributed by atoms with Gasteiger partial charge in [0.15, 0.2) is 0 Å². The first-order valence-corrected chi connectivity index (χ1v) is 9.33. The fraction of sp³-hybridized carbons (Fsp3) is 0.0476. The number of H-pyrrole nitrogens is 1. The Kier molecular flexibility index (Phi) is 5.46. The van der Waals surface area contributed by atoms with E-state index in [0.717, 1.165) is 22.2 Å². The Morgan fingerprint density at radius 2 is 1.86 bits per heavy atom. The number of fused-ring (bicyclic) bond motifs is 1. The molecule has 4 rings (SSSR count). The topological polar surface area (TPSA) is 62.3 Å². The summed E-state index contributed by atoms with van der Waals surface area (Å²) in [5.74, 6) is 1.22. The van der Waals surface area contributed by atoms with Crippen LogP contribution in [0.5, 0.6) is 5.75 Å². The van der Waals surface area contributed by atoms with Crippen molar-refractivity contribution in [1.29, 1.82) is 0 Å². The molecule has 0 saturated carbocycles. The smallest absolute Gasteiger partial charge is 0.222 e. The number of hydrogen-bond donors (Lipinski definition) is 2. The Balaban J connectivity index is 1.48. The molecular weight excluding hydrogens is 395 g/mol. The highest BCUT2D eigenvalue weighted by Crippen LogP contribution is 2.23. The third kappa shape index (κ3) is 4.44. The van der Waals surface area contributed by atoms with Crippen molar-refractivity contribution in [3.8, 4) is 5.75 Å². The second-order valence-electron chi connectivity index (χ2n) is 6.07. The lowest BCUT2D eigenvalue weighted by atomic mass is 10.2. The van der Waals surface area contributed by atoms with Crippen LogP contribution in [0.15, 0.2) is 71.8 Å². The Hall–Kier alpha value is -3.02. The first kappa shape index (κ1) is 18.3. The van der Waals surface area contributed by atoms with Gasteiger partial charge in [0.05, 0.1) is 17.2 Å². The van der Waals surface area contributed by atoms with Crippen molar-refractivity contribution in [2.24, 2.45) is 5.10 Å². The van der Waals surface area contributed by atoms with E-state index < -0.39 is 0 Å². The van der Waals surface area contributed by atoms with Gasteiger partial charge in [-0.25, -0.2) is 10.4 Å². The third-order valence-corrected chi connectivity index (χ3v) is 4.49. The van der Waals surface area contributed by atoms with Gasteiger partial charge in [-0.15, -0.1) is 0 Å². The Labute approximate surface area is 172 Å². The predicted molar refractivity (Wildman–Crippen MR) is 115 cm³/mol. The Morgan fingerprint density at radius 1 is 1.00 bits per heavy atom. The van der Waals surface area contributed by atoms with Crippen molar-refractivity contribution >= 4 is 46.4 Å². The van der Waals surface area contributed by atoms with E-state index in [9.17, 15) is 0 Å². The van der Waals surface area contributed by atoms with Gasteiger partial charge in [0.2, 0.25) is 5.95 Å². The van der Waals surface area contributed by atoms with Gasteiger partial charge < -0.3 is 9.72 Å². The number of halogens is 2. The zero-order valence-corrected chi connectivity index (χ0v) is 16.2. The molecule has 7 heteroatoms. The quantitative estimate of drug-likeness (QED) is 0.307. The Bertz CT molecular complexity index is 1110. The van der Waals surface area contributed by atoms with E-state index in [2.05, 4.69) is 20.5 Å². The van der Waals surface area contributed by atoms with Crippen LogP contribution in [-0.2, 0) is 6.61 Å². The summed E-state index contributed by atoms with van der Waals surface area (Å²) in [6.45, 7) is 0.389. The molecule has 0 atom stereocenters. The van der Waals surface area contributed by atoms with Crippen LogP contribution in [0.1, 0.15) is 11.1 Å². The van der Waals surface area contributed by atoms with Crippen molar-refractivity contribution in [2.75, 3.05) is 5.43 Å². The first-order chi connectivity index (χ1) is 13.7. The molecule has 0 unspecified atom stereocenters. The van der Waals surface area contributed by atoms with Crippen LogP contribution in [0.2, 0.25) is 10.0 Å². The van der Waals surface area contributed by atoms with Gasteiger partial charge >= 0.3 is 0 Å². The SMILES string of the molecule is Clc1cccc(COc2ccc(Cl)cc2/C=N\Nc2nc3ccccc3[nH]2)c1. The fourth-order valence-electron chi connectivity index (χ4n) is 2.71. The highest BCUT2D eigenvalue weighted by atomic mass is 35.5. The molecule has 0 bridgehead atoms. The predicted octanol–water partition coefficient (Wildman–Crippen LogP) is 5.89. The number of ether oxygens (including phenoxy) is 1. The van der Waals surface area contributed by atoms with Gasteiger partial charge in [-0.3, -0.25) is 0 Å². The third-order valence-electron chi connectivity index (χ3n) is 4.02. The molecule has 3 aromatic carbocycles. The number of rotatable bonds is 6. The summed E-state index contributed by atoms with van der Waals surface area (Å²) in [7, 11) is 0. The van der Waals surface area contributed by atoms with E-state index in [1.54, 1.807) is 18.3 Å². The van der Waals surface area contributed by atoms with Crippen LogP contribution in [-0.4, -0.2) is 16.2 Å². The lowest BCUT2D eigenvalue weighted by Crippen LogP contribution is -1.99. The van der Waals surface area contributed by atoms with E-state index in [-0.39, 0.29) is 0 Å². The number of nitrogens with zero attached hydrogens (tertiary/aromatic N) is 2. The zero-order valence-electron chi connectivity index (χ0n) is 14.7. The van der Waals surface area contributed by atoms with Gasteiger partial charge in [-0.05, 0) is 48.0 Å². The zero-order chi connectivity index (χ0) is 19.3. The molecule has 0 aliphatic heterocycles. The highest BCUT2D eigenvalue weighted by Gasteiger charge is 2.05. The number of para-hydroxylation sites is 2. The Morgan fingerprint density at radius 3 is 2.71 bits per heavy atom. The summed E-state index contributed by atoms with van der Waals surface area (Å²) in [5, 5.41) is 5.52. The molecule has 0 aliphatic carbocycles. The maximum absolute atomic E-state index is 6.13. The summed E-state index contributed by atoms with van der Waals surface area (Å²) in [6.07, 6.45) is 1.65. The van der Waals surface area contributed by atoms with Gasteiger partial charge in [-0.1, -0.05) is 47.5 Å². The molecule has 1 heterocycles. The van der Waals surface area contributed by atoms with Gasteiger partial charge in [0.1, 0.15) is 12.4 Å². The molecule has 0 saturated heterocycles. The van der Waals surface area contributed by atoms with Gasteiger partial charge in [0, 0.05) is 15.6 Å². The largest absolute Gasteiger partial charge is 0.488 e. The van der Waals surface area contributed by atoms with E-state index in [0.29, 0.717) is 28.3 Å². The molecule has 2 N–H and O–H groups in total. The minimum absolute atomic E-state index is 0.389. The molecule has 0 radical (unpaired) electrons. The number of hydrazone groups is 1. The second kappa shape index (κ2) is 8.33. The van der Waals surface area contributed by atoms with Crippen LogP contribution in [0.4, 0.5) is 5.95 Å². The number of aromatic nitrogens is 2. The summed E-state index contributed by atoms with van der Waals surface area (Å²) in [6, 6.07) is 20.7. The number of anilines is 1. The standard InChI is InChI=1S/C21H16Cl2N4O/c22-16-5-3-4-14(10-16)13-28-20-9-8-17(23)11-15(20)12-24-27-21-25-18-6-1-2-7-19(18)26-21/h1-12H,13H2,(H2,25,26,27)/b24-12-. The van der Waals surface area contributed by atoms with Gasteiger partial charge in [-0.2, -0.15) is 5.10 Å². The molecule has 0 fully saturated rings. The van der Waals surface area contributed by atoms with Gasteiger partial charge in [0.25, 0.3) is 0 Å². The average Bonchev–Trinajstić information content (AvgIpc) is 3.10. The van der Waals surface area contributed by atoms with Crippen molar-refractivity contribution in [3.05, 3.63) is 87.9 Å². The minimum atomic E-state index is 0.389. The monoisotopic (exact) mass is 410 g/mol. The van der Waals surface area contributed by atoms with Crippen LogP contribution >= 0.6 is 23.2 Å². The molecule has 0 aliphatic rings. The summed E-state index contributed by atoms with van der Waals surface area (Å²) in [4.78, 5) is 7.57. The van der Waals surface area contributed by atoms with Crippen molar-refractivity contribution in [3.63, 3.8) is 0 Å². The van der Waals surface area contributed by atoms with Crippen molar-refractivity contribution < 1.29 is 4.74 Å². The number of aromatic amines is 1. The van der Waals surface area contributed by atoms with Crippen molar-refractivity contribution in [2.45, 2.75) is 6.61 Å². The molecule has 1 aromatic heterocycles. The summed E-state index contributed by atoms with van der Waals surface area (Å²) in [5.41, 5.74) is 6.43. The molecular formula is C21H16Cl2N4O. The highest BCUT2D eigenvalue weighted by molar-refractivity contribution is 6.31. The molecule has 0 amide bonds.